The van der Waals surface area contributed by atoms with Gasteiger partial charge in [-0.3, -0.25) is 9.59 Å². The van der Waals surface area contributed by atoms with E-state index in [1.807, 2.05) is 13.0 Å². The maximum absolute atomic E-state index is 12.5. The van der Waals surface area contributed by atoms with Crippen LogP contribution in [0.1, 0.15) is 56.7 Å². The molecule has 0 radical (unpaired) electrons. The average Bonchev–Trinajstić information content (AvgIpc) is 3.14. The van der Waals surface area contributed by atoms with Crippen LogP contribution in [0.15, 0.2) is 54.6 Å². The molecule has 2 aromatic carbocycles. The number of esters is 1. The van der Waals surface area contributed by atoms with Gasteiger partial charge in [0.05, 0.1) is 6.61 Å². The van der Waals surface area contributed by atoms with Crippen molar-refractivity contribution in [3.8, 4) is 5.75 Å². The topological polar surface area (TPSA) is 93.7 Å². The number of hydrogen-bond acceptors (Lipinski definition) is 6. The fraction of sp³-hybridized carbons (Fsp3) is 0.296. The molecule has 2 N–H and O–H groups in total. The van der Waals surface area contributed by atoms with E-state index < -0.39 is 11.9 Å². The van der Waals surface area contributed by atoms with Gasteiger partial charge in [-0.1, -0.05) is 6.42 Å². The first kappa shape index (κ1) is 24.5. The molecule has 1 aliphatic rings. The summed E-state index contributed by atoms with van der Waals surface area (Å²) in [6.45, 7) is 2.11. The summed E-state index contributed by atoms with van der Waals surface area (Å²) in [5, 5.41) is 5.50. The van der Waals surface area contributed by atoms with Crippen molar-refractivity contribution < 1.29 is 23.9 Å². The van der Waals surface area contributed by atoms with Crippen LogP contribution in [0.2, 0.25) is 0 Å². The summed E-state index contributed by atoms with van der Waals surface area (Å²) in [5.41, 5.74) is 2.84. The van der Waals surface area contributed by atoms with E-state index in [-0.39, 0.29) is 12.5 Å². The molecule has 35 heavy (non-hydrogen) atoms. The highest BCUT2D eigenvalue weighted by atomic mass is 32.1. The van der Waals surface area contributed by atoms with Crippen molar-refractivity contribution >= 4 is 40.5 Å². The van der Waals surface area contributed by atoms with Gasteiger partial charge in [0.2, 0.25) is 0 Å². The quantitative estimate of drug-likeness (QED) is 0.322. The number of fused-ring (bicyclic) bond motifs is 1. The van der Waals surface area contributed by atoms with Crippen molar-refractivity contribution in [1.29, 1.82) is 0 Å². The summed E-state index contributed by atoms with van der Waals surface area (Å²) in [6.07, 6.45) is 5.50. The third kappa shape index (κ3) is 6.70. The van der Waals surface area contributed by atoms with Crippen LogP contribution in [0.5, 0.6) is 5.75 Å². The molecule has 0 atom stereocenters. The lowest BCUT2D eigenvalue weighted by molar-refractivity contribution is -0.119. The molecule has 7 nitrogen and oxygen atoms in total. The number of rotatable bonds is 8. The molecule has 1 heterocycles. The Morgan fingerprint density at radius 2 is 1.57 bits per heavy atom. The van der Waals surface area contributed by atoms with Gasteiger partial charge in [0.1, 0.15) is 10.6 Å². The van der Waals surface area contributed by atoms with Gasteiger partial charge in [0.15, 0.2) is 6.61 Å². The third-order valence-corrected chi connectivity index (χ3v) is 6.85. The predicted octanol–water partition coefficient (Wildman–Crippen LogP) is 5.46. The normalized spacial score (nSPS) is 12.7. The molecule has 182 valence electrons. The van der Waals surface area contributed by atoms with Crippen LogP contribution < -0.4 is 15.4 Å². The van der Waals surface area contributed by atoms with Gasteiger partial charge in [-0.2, -0.15) is 0 Å². The van der Waals surface area contributed by atoms with Crippen molar-refractivity contribution in [2.75, 3.05) is 23.8 Å². The van der Waals surface area contributed by atoms with Gasteiger partial charge in [-0.15, -0.1) is 11.3 Å². The summed E-state index contributed by atoms with van der Waals surface area (Å²) in [4.78, 5) is 38.9. The number of thiophene rings is 1. The van der Waals surface area contributed by atoms with Crippen LogP contribution in [0.4, 0.5) is 11.4 Å². The molecule has 8 heteroatoms. The van der Waals surface area contributed by atoms with Crippen molar-refractivity contribution in [1.82, 2.24) is 0 Å². The van der Waals surface area contributed by atoms with E-state index in [4.69, 9.17) is 9.47 Å². The zero-order valence-corrected chi connectivity index (χ0v) is 20.4. The fourth-order valence-corrected chi connectivity index (χ4v) is 5.02. The Kier molecular flexibility index (Phi) is 8.15. The zero-order chi connectivity index (χ0) is 24.6. The van der Waals surface area contributed by atoms with Crippen LogP contribution in [0, 0.1) is 0 Å². The van der Waals surface area contributed by atoms with Gasteiger partial charge in [-0.05, 0) is 92.8 Å². The third-order valence-electron chi connectivity index (χ3n) is 5.64. The van der Waals surface area contributed by atoms with E-state index >= 15 is 0 Å². The van der Waals surface area contributed by atoms with Crippen molar-refractivity contribution in [3.63, 3.8) is 0 Å². The fourth-order valence-electron chi connectivity index (χ4n) is 3.88. The first-order valence-electron chi connectivity index (χ1n) is 11.7. The van der Waals surface area contributed by atoms with Gasteiger partial charge in [0.25, 0.3) is 11.8 Å². The highest BCUT2D eigenvalue weighted by molar-refractivity contribution is 7.14. The van der Waals surface area contributed by atoms with Gasteiger partial charge in [0, 0.05) is 21.8 Å². The average molecular weight is 493 g/mol. The number of anilines is 2. The summed E-state index contributed by atoms with van der Waals surface area (Å²) in [5.74, 6) is -0.445. The summed E-state index contributed by atoms with van der Waals surface area (Å²) in [6, 6.07) is 15.5. The molecule has 0 aliphatic heterocycles. The smallest absolute Gasteiger partial charge is 0.348 e. The maximum atomic E-state index is 12.5. The largest absolute Gasteiger partial charge is 0.494 e. The molecule has 0 fully saturated rings. The summed E-state index contributed by atoms with van der Waals surface area (Å²) < 4.78 is 10.6. The molecule has 0 spiro atoms. The van der Waals surface area contributed by atoms with E-state index in [0.29, 0.717) is 28.4 Å². The highest BCUT2D eigenvalue weighted by Gasteiger charge is 2.18. The van der Waals surface area contributed by atoms with Crippen molar-refractivity contribution in [2.45, 2.75) is 39.0 Å². The molecule has 0 bridgehead atoms. The Hall–Kier alpha value is -3.65. The van der Waals surface area contributed by atoms with E-state index in [1.165, 1.54) is 28.2 Å². The second-order valence-corrected chi connectivity index (χ2v) is 9.37. The molecule has 0 saturated heterocycles. The Bertz CT molecular complexity index is 1160. The van der Waals surface area contributed by atoms with Crippen LogP contribution in [0.3, 0.4) is 0 Å². The predicted molar refractivity (Wildman–Crippen MR) is 136 cm³/mol. The number of aryl methyl sites for hydroxylation is 2. The summed E-state index contributed by atoms with van der Waals surface area (Å²) in [7, 11) is 0. The maximum Gasteiger partial charge on any atom is 0.348 e. The molecule has 4 rings (SSSR count). The van der Waals surface area contributed by atoms with Crippen molar-refractivity contribution in [3.05, 3.63) is 75.5 Å². The Balaban J connectivity index is 1.25. The standard InChI is InChI=1S/C27H28N2O5S/c1-2-33-22-14-12-21(13-15-22)29-26(31)18-8-10-20(11-9-18)28-25(30)17-34-27(32)24-16-19-6-4-3-5-7-23(19)35-24/h8-16H,2-7,17H2,1H3,(H,28,30)(H,29,31). The SMILES string of the molecule is CCOc1ccc(NC(=O)c2ccc(NC(=O)COC(=O)c3cc4c(s3)CCCCC4)cc2)cc1. The lowest BCUT2D eigenvalue weighted by atomic mass is 10.1. The molecule has 1 aliphatic carbocycles. The molecule has 0 unspecified atom stereocenters. The van der Waals surface area contributed by atoms with Crippen LogP contribution in [-0.4, -0.2) is 31.0 Å². The number of carbonyl (C=O) groups is 3. The van der Waals surface area contributed by atoms with Crippen molar-refractivity contribution in [2.24, 2.45) is 0 Å². The molecule has 1 aromatic heterocycles. The van der Waals surface area contributed by atoms with Crippen LogP contribution in [-0.2, 0) is 22.4 Å². The van der Waals surface area contributed by atoms with Crippen LogP contribution >= 0.6 is 11.3 Å². The number of benzene rings is 2. The lowest BCUT2D eigenvalue weighted by Gasteiger charge is -2.09. The second-order valence-electron chi connectivity index (χ2n) is 8.23. The van der Waals surface area contributed by atoms with Gasteiger partial charge >= 0.3 is 5.97 Å². The minimum Gasteiger partial charge on any atom is -0.494 e. The Morgan fingerprint density at radius 1 is 0.886 bits per heavy atom. The van der Waals surface area contributed by atoms with E-state index in [1.54, 1.807) is 48.5 Å². The van der Waals surface area contributed by atoms with Gasteiger partial charge < -0.3 is 20.1 Å². The molecular formula is C27H28N2O5S. The minimum atomic E-state index is -0.473. The highest BCUT2D eigenvalue weighted by Crippen LogP contribution is 2.29. The molecule has 0 saturated carbocycles. The molecular weight excluding hydrogens is 464 g/mol. The lowest BCUT2D eigenvalue weighted by Crippen LogP contribution is -2.20. The number of amides is 2. The number of carbonyl (C=O) groups excluding carboxylic acids is 3. The monoisotopic (exact) mass is 492 g/mol. The molecule has 2 amide bonds. The van der Waals surface area contributed by atoms with E-state index in [2.05, 4.69) is 10.6 Å². The number of nitrogens with one attached hydrogen (secondary N) is 2. The van der Waals surface area contributed by atoms with E-state index in [9.17, 15) is 14.4 Å². The number of ether oxygens (including phenoxy) is 2. The Morgan fingerprint density at radius 3 is 2.31 bits per heavy atom. The summed E-state index contributed by atoms with van der Waals surface area (Å²) >= 11 is 1.47. The first-order valence-corrected chi connectivity index (χ1v) is 12.6. The zero-order valence-electron chi connectivity index (χ0n) is 19.6. The first-order chi connectivity index (χ1) is 17.0. The van der Waals surface area contributed by atoms with E-state index in [0.717, 1.165) is 31.4 Å². The second kappa shape index (κ2) is 11.7. The minimum absolute atomic E-state index is 0.268. The molecule has 3 aromatic rings. The Labute approximate surface area is 208 Å². The van der Waals surface area contributed by atoms with Crippen LogP contribution in [0.25, 0.3) is 0 Å². The number of hydrogen-bond donors (Lipinski definition) is 2. The van der Waals surface area contributed by atoms with Gasteiger partial charge in [-0.25, -0.2) is 4.79 Å².